The van der Waals surface area contributed by atoms with Crippen molar-refractivity contribution in [1.82, 2.24) is 4.98 Å². The Bertz CT molecular complexity index is 754. The third kappa shape index (κ3) is 4.08. The molecule has 1 aromatic heterocycles. The van der Waals surface area contributed by atoms with E-state index in [-0.39, 0.29) is 24.1 Å². The van der Waals surface area contributed by atoms with Crippen molar-refractivity contribution in [2.75, 3.05) is 23.3 Å². The summed E-state index contributed by atoms with van der Waals surface area (Å²) in [6.45, 7) is 0.790. The molecule has 0 aliphatic carbocycles. The molecule has 1 saturated heterocycles. The van der Waals surface area contributed by atoms with Gasteiger partial charge in [0.05, 0.1) is 5.92 Å². The molecule has 3 N–H and O–H groups in total. The fourth-order valence-electron chi connectivity index (χ4n) is 2.98. The summed E-state index contributed by atoms with van der Waals surface area (Å²) >= 11 is 0.993. The molecule has 5 nitrogen and oxygen atoms in total. The second-order valence-electron chi connectivity index (χ2n) is 5.85. The van der Waals surface area contributed by atoms with E-state index in [4.69, 9.17) is 5.14 Å². The summed E-state index contributed by atoms with van der Waals surface area (Å²) in [6, 6.07) is 7.14. The van der Waals surface area contributed by atoms with Gasteiger partial charge in [-0.2, -0.15) is 0 Å². The summed E-state index contributed by atoms with van der Waals surface area (Å²) in [7, 11) is 0. The number of hydrogen-bond donors (Lipinski definition) is 2. The Balaban J connectivity index is 1.71. The minimum absolute atomic E-state index is 0.0641. The molecule has 1 amide bonds. The summed E-state index contributed by atoms with van der Waals surface area (Å²) in [5.74, 6) is -1.75. The van der Waals surface area contributed by atoms with E-state index >= 15 is 0 Å². The molecule has 8 heteroatoms. The van der Waals surface area contributed by atoms with Crippen molar-refractivity contribution < 1.29 is 13.6 Å². The van der Waals surface area contributed by atoms with Gasteiger partial charge in [-0.1, -0.05) is 6.07 Å². The van der Waals surface area contributed by atoms with Crippen molar-refractivity contribution in [1.29, 1.82) is 0 Å². The SMILES string of the molecule is NSc1cc(NC(=O)C2CCCN(c3c(F)cccc3F)C2)ccn1. The molecule has 1 aromatic carbocycles. The monoisotopic (exact) mass is 364 g/mol. The Hall–Kier alpha value is -2.19. The number of aromatic nitrogens is 1. The second-order valence-corrected chi connectivity index (χ2v) is 6.50. The van der Waals surface area contributed by atoms with Gasteiger partial charge in [-0.15, -0.1) is 0 Å². The Morgan fingerprint density at radius 3 is 2.80 bits per heavy atom. The van der Waals surface area contributed by atoms with Gasteiger partial charge in [0.15, 0.2) is 0 Å². The van der Waals surface area contributed by atoms with E-state index in [0.717, 1.165) is 11.9 Å². The Labute approximate surface area is 148 Å². The average Bonchev–Trinajstić information content (AvgIpc) is 2.62. The molecule has 1 aliphatic rings. The first-order chi connectivity index (χ1) is 12.1. The van der Waals surface area contributed by atoms with Crippen LogP contribution in [0.15, 0.2) is 41.6 Å². The number of anilines is 2. The Morgan fingerprint density at radius 2 is 2.08 bits per heavy atom. The minimum atomic E-state index is -0.611. The molecular formula is C17H18F2N4OS. The number of halogens is 2. The van der Waals surface area contributed by atoms with Crippen LogP contribution in [-0.2, 0) is 4.79 Å². The van der Waals surface area contributed by atoms with E-state index in [0.29, 0.717) is 30.1 Å². The van der Waals surface area contributed by atoms with Crippen LogP contribution in [0.25, 0.3) is 0 Å². The largest absolute Gasteiger partial charge is 0.366 e. The van der Waals surface area contributed by atoms with Gasteiger partial charge in [0, 0.05) is 25.0 Å². The maximum absolute atomic E-state index is 14.0. The number of hydrogen-bond acceptors (Lipinski definition) is 5. The molecule has 1 aliphatic heterocycles. The first-order valence-corrected chi connectivity index (χ1v) is 8.79. The lowest BCUT2D eigenvalue weighted by molar-refractivity contribution is -0.120. The number of nitrogens with two attached hydrogens (primary N) is 1. The number of amides is 1. The molecule has 0 saturated carbocycles. The Kier molecular flexibility index (Phi) is 5.50. The molecule has 25 heavy (non-hydrogen) atoms. The van der Waals surface area contributed by atoms with Crippen LogP contribution in [0.5, 0.6) is 0 Å². The highest BCUT2D eigenvalue weighted by Gasteiger charge is 2.28. The van der Waals surface area contributed by atoms with Gasteiger partial charge in [-0.05, 0) is 49.1 Å². The molecule has 1 fully saturated rings. The van der Waals surface area contributed by atoms with Gasteiger partial charge in [0.1, 0.15) is 22.3 Å². The number of nitrogens with zero attached hydrogens (tertiary/aromatic N) is 2. The van der Waals surface area contributed by atoms with E-state index in [9.17, 15) is 13.6 Å². The number of carbonyl (C=O) groups excluding carboxylic acids is 1. The van der Waals surface area contributed by atoms with Gasteiger partial charge in [0.25, 0.3) is 0 Å². The fourth-order valence-corrected chi connectivity index (χ4v) is 3.30. The van der Waals surface area contributed by atoms with Crippen LogP contribution in [-0.4, -0.2) is 24.0 Å². The molecule has 2 aromatic rings. The van der Waals surface area contributed by atoms with Crippen LogP contribution in [0.2, 0.25) is 0 Å². The summed E-state index contributed by atoms with van der Waals surface area (Å²) in [4.78, 5) is 18.2. The van der Waals surface area contributed by atoms with Crippen molar-refractivity contribution in [2.45, 2.75) is 17.9 Å². The van der Waals surface area contributed by atoms with E-state index < -0.39 is 11.6 Å². The topological polar surface area (TPSA) is 71.2 Å². The molecular weight excluding hydrogens is 346 g/mol. The molecule has 3 rings (SSSR count). The van der Waals surface area contributed by atoms with Gasteiger partial charge in [-0.3, -0.25) is 9.93 Å². The van der Waals surface area contributed by atoms with Crippen LogP contribution < -0.4 is 15.4 Å². The zero-order valence-corrected chi connectivity index (χ0v) is 14.2. The Morgan fingerprint density at radius 1 is 1.32 bits per heavy atom. The van der Waals surface area contributed by atoms with E-state index in [1.165, 1.54) is 18.2 Å². The van der Waals surface area contributed by atoms with Crippen molar-refractivity contribution in [3.8, 4) is 0 Å². The average molecular weight is 364 g/mol. The molecule has 132 valence electrons. The minimum Gasteiger partial charge on any atom is -0.366 e. The van der Waals surface area contributed by atoms with E-state index in [1.54, 1.807) is 23.2 Å². The lowest BCUT2D eigenvalue weighted by atomic mass is 9.96. The van der Waals surface area contributed by atoms with Crippen LogP contribution in [0.3, 0.4) is 0 Å². The first kappa shape index (κ1) is 17.6. The van der Waals surface area contributed by atoms with E-state index in [1.807, 2.05) is 0 Å². The summed E-state index contributed by atoms with van der Waals surface area (Å²) in [5, 5.41) is 8.89. The maximum atomic E-state index is 14.0. The quantitative estimate of drug-likeness (QED) is 0.816. The predicted octanol–water partition coefficient (Wildman–Crippen LogP) is 3.18. The number of nitrogens with one attached hydrogen (secondary N) is 1. The number of para-hydroxylation sites is 1. The zero-order valence-electron chi connectivity index (χ0n) is 13.4. The second kappa shape index (κ2) is 7.79. The van der Waals surface area contributed by atoms with Crippen LogP contribution in [0.4, 0.5) is 20.2 Å². The summed E-state index contributed by atoms with van der Waals surface area (Å²) in [6.07, 6.45) is 2.92. The summed E-state index contributed by atoms with van der Waals surface area (Å²) < 4.78 is 28.0. The van der Waals surface area contributed by atoms with Crippen molar-refractivity contribution in [3.05, 3.63) is 48.2 Å². The molecule has 2 heterocycles. The lowest BCUT2D eigenvalue weighted by Crippen LogP contribution is -2.41. The highest BCUT2D eigenvalue weighted by Crippen LogP contribution is 2.28. The molecule has 0 radical (unpaired) electrons. The maximum Gasteiger partial charge on any atom is 0.229 e. The molecule has 1 atom stereocenters. The molecule has 0 spiro atoms. The van der Waals surface area contributed by atoms with Gasteiger partial charge < -0.3 is 10.2 Å². The molecule has 1 unspecified atom stereocenters. The van der Waals surface area contributed by atoms with Crippen molar-refractivity contribution >= 4 is 29.2 Å². The number of piperidine rings is 1. The first-order valence-electron chi connectivity index (χ1n) is 7.91. The van der Waals surface area contributed by atoms with Crippen molar-refractivity contribution in [2.24, 2.45) is 11.1 Å². The standard InChI is InChI=1S/C17H18F2N4OS/c18-13-4-1-5-14(19)16(13)23-8-2-3-11(10-23)17(24)22-12-6-7-21-15(9-12)25-20/h1,4-7,9,11H,2-3,8,10,20H2,(H,21,22,24). The predicted molar refractivity (Wildman–Crippen MR) is 94.2 cm³/mol. The van der Waals surface area contributed by atoms with Gasteiger partial charge in [0.2, 0.25) is 5.91 Å². The number of rotatable bonds is 4. The highest BCUT2D eigenvalue weighted by molar-refractivity contribution is 7.97. The number of carbonyl (C=O) groups is 1. The van der Waals surface area contributed by atoms with E-state index in [2.05, 4.69) is 10.3 Å². The van der Waals surface area contributed by atoms with Gasteiger partial charge >= 0.3 is 0 Å². The van der Waals surface area contributed by atoms with Gasteiger partial charge in [-0.25, -0.2) is 13.8 Å². The molecule has 0 bridgehead atoms. The highest BCUT2D eigenvalue weighted by atomic mass is 32.2. The number of pyridine rings is 1. The smallest absolute Gasteiger partial charge is 0.229 e. The third-order valence-corrected chi connectivity index (χ3v) is 4.63. The van der Waals surface area contributed by atoms with Crippen LogP contribution in [0, 0.1) is 17.6 Å². The van der Waals surface area contributed by atoms with Crippen molar-refractivity contribution in [3.63, 3.8) is 0 Å². The lowest BCUT2D eigenvalue weighted by Gasteiger charge is -2.34. The fraction of sp³-hybridized carbons (Fsp3) is 0.294. The number of benzene rings is 1. The van der Waals surface area contributed by atoms with Crippen LogP contribution in [0.1, 0.15) is 12.8 Å². The summed E-state index contributed by atoms with van der Waals surface area (Å²) in [5.41, 5.74) is 0.535. The third-order valence-electron chi connectivity index (χ3n) is 4.17. The zero-order chi connectivity index (χ0) is 17.8. The normalized spacial score (nSPS) is 17.4. The van der Waals surface area contributed by atoms with Crippen LogP contribution >= 0.6 is 11.9 Å².